The Labute approximate surface area is 183 Å². The number of piperazine rings is 1. The SMILES string of the molecule is Cc1nc2ccc(-c3cc4ccc(N5CCN(C6COC6)CC5)cc4c(=O)o3)cc2s1. The summed E-state index contributed by atoms with van der Waals surface area (Å²) in [5, 5.41) is 2.56. The van der Waals surface area contributed by atoms with Gasteiger partial charge in [0.05, 0.1) is 39.9 Å². The van der Waals surface area contributed by atoms with Crippen LogP contribution in [0, 0.1) is 6.92 Å². The number of nitrogens with zero attached hydrogens (tertiary/aromatic N) is 3. The van der Waals surface area contributed by atoms with E-state index in [1.165, 1.54) is 0 Å². The van der Waals surface area contributed by atoms with Crippen molar-refractivity contribution in [1.82, 2.24) is 9.88 Å². The van der Waals surface area contributed by atoms with E-state index in [9.17, 15) is 4.79 Å². The van der Waals surface area contributed by atoms with Crippen molar-refractivity contribution < 1.29 is 9.15 Å². The highest BCUT2D eigenvalue weighted by Gasteiger charge is 2.29. The number of aryl methyl sites for hydroxylation is 1. The van der Waals surface area contributed by atoms with Gasteiger partial charge in [0.1, 0.15) is 5.76 Å². The molecule has 0 bridgehead atoms. The molecule has 2 aliphatic heterocycles. The molecule has 0 amide bonds. The minimum Gasteiger partial charge on any atom is -0.422 e. The van der Waals surface area contributed by atoms with Crippen molar-refractivity contribution >= 4 is 38.0 Å². The lowest BCUT2D eigenvalue weighted by Gasteiger charge is -2.43. The van der Waals surface area contributed by atoms with Crippen LogP contribution in [0.25, 0.3) is 32.3 Å². The normalized spacial score (nSPS) is 18.0. The minimum atomic E-state index is -0.291. The molecule has 7 heteroatoms. The van der Waals surface area contributed by atoms with Crippen molar-refractivity contribution in [2.45, 2.75) is 13.0 Å². The fourth-order valence-corrected chi connectivity index (χ4v) is 5.35. The van der Waals surface area contributed by atoms with Crippen LogP contribution in [0.15, 0.2) is 51.7 Å². The summed E-state index contributed by atoms with van der Waals surface area (Å²) >= 11 is 1.65. The quantitative estimate of drug-likeness (QED) is 0.488. The van der Waals surface area contributed by atoms with Gasteiger partial charge >= 0.3 is 5.63 Å². The lowest BCUT2D eigenvalue weighted by atomic mass is 10.1. The molecule has 0 N–H and O–H groups in total. The van der Waals surface area contributed by atoms with Gasteiger partial charge in [-0.2, -0.15) is 0 Å². The first kappa shape index (κ1) is 19.0. The number of fused-ring (bicyclic) bond motifs is 2. The highest BCUT2D eigenvalue weighted by atomic mass is 32.1. The zero-order valence-electron chi connectivity index (χ0n) is 17.3. The Morgan fingerprint density at radius 2 is 1.87 bits per heavy atom. The highest BCUT2D eigenvalue weighted by molar-refractivity contribution is 7.18. The maximum Gasteiger partial charge on any atom is 0.344 e. The number of aromatic nitrogens is 1. The van der Waals surface area contributed by atoms with Gasteiger partial charge in [0.2, 0.25) is 0 Å². The summed E-state index contributed by atoms with van der Waals surface area (Å²) in [5.41, 5.74) is 2.66. The van der Waals surface area contributed by atoms with Crippen LogP contribution in [0.3, 0.4) is 0 Å². The number of rotatable bonds is 3. The molecule has 4 aromatic rings. The molecule has 2 saturated heterocycles. The third-order valence-electron chi connectivity index (χ3n) is 6.34. The van der Waals surface area contributed by atoms with Crippen LogP contribution < -0.4 is 10.5 Å². The molecule has 0 saturated carbocycles. The number of hydrogen-bond acceptors (Lipinski definition) is 7. The first-order chi connectivity index (χ1) is 15.1. The molecule has 2 aromatic carbocycles. The first-order valence-corrected chi connectivity index (χ1v) is 11.5. The molecule has 0 unspecified atom stereocenters. The van der Waals surface area contributed by atoms with Gasteiger partial charge in [-0.25, -0.2) is 9.78 Å². The maximum absolute atomic E-state index is 12.8. The second-order valence-corrected chi connectivity index (χ2v) is 9.53. The zero-order valence-corrected chi connectivity index (χ0v) is 18.2. The van der Waals surface area contributed by atoms with Crippen LogP contribution in [0.5, 0.6) is 0 Å². The maximum atomic E-state index is 12.8. The van der Waals surface area contributed by atoms with Crippen LogP contribution in [-0.4, -0.2) is 55.3 Å². The zero-order chi connectivity index (χ0) is 20.9. The first-order valence-electron chi connectivity index (χ1n) is 10.7. The molecule has 6 nitrogen and oxygen atoms in total. The third kappa shape index (κ3) is 3.43. The van der Waals surface area contributed by atoms with Crippen molar-refractivity contribution in [2.24, 2.45) is 0 Å². The van der Waals surface area contributed by atoms with E-state index in [1.54, 1.807) is 11.3 Å². The van der Waals surface area contributed by atoms with Gasteiger partial charge in [-0.15, -0.1) is 11.3 Å². The van der Waals surface area contributed by atoms with Gasteiger partial charge in [-0.3, -0.25) is 4.90 Å². The number of hydrogen-bond donors (Lipinski definition) is 0. The topological polar surface area (TPSA) is 58.8 Å². The number of anilines is 1. The minimum absolute atomic E-state index is 0.291. The Morgan fingerprint density at radius 1 is 1.03 bits per heavy atom. The van der Waals surface area contributed by atoms with E-state index in [0.29, 0.717) is 17.2 Å². The Morgan fingerprint density at radius 3 is 2.65 bits per heavy atom. The molecule has 2 fully saturated rings. The lowest BCUT2D eigenvalue weighted by molar-refractivity contribution is -0.0660. The molecule has 0 spiro atoms. The van der Waals surface area contributed by atoms with Crippen LogP contribution in [0.1, 0.15) is 5.01 Å². The summed E-state index contributed by atoms with van der Waals surface area (Å²) in [7, 11) is 0. The molecule has 0 atom stereocenters. The van der Waals surface area contributed by atoms with Gasteiger partial charge in [-0.05, 0) is 48.7 Å². The van der Waals surface area contributed by atoms with E-state index >= 15 is 0 Å². The Bertz CT molecular complexity index is 1330. The van der Waals surface area contributed by atoms with Crippen LogP contribution in [-0.2, 0) is 4.74 Å². The smallest absolute Gasteiger partial charge is 0.344 e. The van der Waals surface area contributed by atoms with Crippen LogP contribution >= 0.6 is 11.3 Å². The molecule has 2 aliphatic rings. The number of benzene rings is 2. The standard InChI is InChI=1S/C24H23N3O3S/c1-15-25-21-5-3-17(11-23(21)31-15)22-10-16-2-4-18(12-20(16)24(28)30-22)26-6-8-27(9-7-26)19-13-29-14-19/h2-5,10-12,19H,6-9,13-14H2,1H3. The summed E-state index contributed by atoms with van der Waals surface area (Å²) in [6, 6.07) is 14.7. The Kier molecular flexibility index (Phi) is 4.56. The molecule has 0 radical (unpaired) electrons. The second-order valence-electron chi connectivity index (χ2n) is 8.30. The van der Waals surface area contributed by atoms with E-state index in [2.05, 4.69) is 20.9 Å². The second kappa shape index (κ2) is 7.44. The summed E-state index contributed by atoms with van der Waals surface area (Å²) < 4.78 is 12.2. The highest BCUT2D eigenvalue weighted by Crippen LogP contribution is 2.30. The predicted molar refractivity (Wildman–Crippen MR) is 124 cm³/mol. The molecule has 4 heterocycles. The van der Waals surface area contributed by atoms with Crippen molar-refractivity contribution in [1.29, 1.82) is 0 Å². The number of thiazole rings is 1. The van der Waals surface area contributed by atoms with Crippen molar-refractivity contribution in [3.8, 4) is 11.3 Å². The van der Waals surface area contributed by atoms with E-state index in [-0.39, 0.29) is 5.63 Å². The summed E-state index contributed by atoms with van der Waals surface area (Å²) in [4.78, 5) is 22.2. The average Bonchev–Trinajstić information content (AvgIpc) is 3.12. The van der Waals surface area contributed by atoms with Crippen molar-refractivity contribution in [2.75, 3.05) is 44.3 Å². The van der Waals surface area contributed by atoms with Gasteiger partial charge in [-0.1, -0.05) is 6.07 Å². The largest absolute Gasteiger partial charge is 0.422 e. The average molecular weight is 434 g/mol. The fourth-order valence-electron chi connectivity index (χ4n) is 4.48. The lowest BCUT2D eigenvalue weighted by Crippen LogP contribution is -2.56. The van der Waals surface area contributed by atoms with Gasteiger partial charge in [0, 0.05) is 37.4 Å². The molecule has 31 heavy (non-hydrogen) atoms. The van der Waals surface area contributed by atoms with Gasteiger partial charge in [0.15, 0.2) is 0 Å². The van der Waals surface area contributed by atoms with Crippen molar-refractivity contribution in [3.63, 3.8) is 0 Å². The summed E-state index contributed by atoms with van der Waals surface area (Å²) in [5.74, 6) is 0.592. The third-order valence-corrected chi connectivity index (χ3v) is 7.28. The Balaban J connectivity index is 1.29. The number of ether oxygens (including phenoxy) is 1. The molecule has 2 aromatic heterocycles. The van der Waals surface area contributed by atoms with E-state index in [0.717, 1.165) is 71.3 Å². The predicted octanol–water partition coefficient (Wildman–Crippen LogP) is 3.90. The van der Waals surface area contributed by atoms with Crippen LogP contribution in [0.2, 0.25) is 0 Å². The van der Waals surface area contributed by atoms with E-state index in [1.807, 2.05) is 43.3 Å². The molecular weight excluding hydrogens is 410 g/mol. The molecular formula is C24H23N3O3S. The Hall–Kier alpha value is -2.74. The monoisotopic (exact) mass is 433 g/mol. The summed E-state index contributed by atoms with van der Waals surface area (Å²) in [6.07, 6.45) is 0. The van der Waals surface area contributed by atoms with E-state index in [4.69, 9.17) is 9.15 Å². The van der Waals surface area contributed by atoms with E-state index < -0.39 is 0 Å². The van der Waals surface area contributed by atoms with Crippen molar-refractivity contribution in [3.05, 3.63) is 57.9 Å². The molecule has 0 aliphatic carbocycles. The molecule has 6 rings (SSSR count). The fraction of sp³-hybridized carbons (Fsp3) is 0.333. The van der Waals surface area contributed by atoms with Crippen LogP contribution in [0.4, 0.5) is 5.69 Å². The van der Waals surface area contributed by atoms with Gasteiger partial charge < -0.3 is 14.1 Å². The molecule has 158 valence electrons. The van der Waals surface area contributed by atoms with Gasteiger partial charge in [0.25, 0.3) is 0 Å². The summed E-state index contributed by atoms with van der Waals surface area (Å²) in [6.45, 7) is 7.68.